The number of ether oxygens (including phenoxy) is 2. The second kappa shape index (κ2) is 7.43. The molecule has 1 aromatic carbocycles. The standard InChI is InChI=1S/C16H18BrNO3/c1-3-6-21-13-7-11(9-18-10-13)16(19)14-8-12(20-2)4-5-15(14)17/h4-5,7-10,16,19H,3,6H2,1-2H3. The summed E-state index contributed by atoms with van der Waals surface area (Å²) in [5.41, 5.74) is 1.40. The zero-order valence-corrected chi connectivity index (χ0v) is 13.6. The summed E-state index contributed by atoms with van der Waals surface area (Å²) in [6.07, 6.45) is 3.41. The highest BCUT2D eigenvalue weighted by molar-refractivity contribution is 9.10. The lowest BCUT2D eigenvalue weighted by molar-refractivity contribution is 0.217. The second-order valence-corrected chi connectivity index (χ2v) is 5.45. The van der Waals surface area contributed by atoms with Crippen LogP contribution in [0.5, 0.6) is 11.5 Å². The van der Waals surface area contributed by atoms with Crippen LogP contribution >= 0.6 is 15.9 Å². The van der Waals surface area contributed by atoms with Gasteiger partial charge in [0.25, 0.3) is 0 Å². The van der Waals surface area contributed by atoms with Crippen LogP contribution in [0.1, 0.15) is 30.6 Å². The van der Waals surface area contributed by atoms with E-state index >= 15 is 0 Å². The van der Waals surface area contributed by atoms with E-state index in [9.17, 15) is 5.11 Å². The average molecular weight is 352 g/mol. The van der Waals surface area contributed by atoms with Gasteiger partial charge in [0.05, 0.1) is 19.9 Å². The minimum Gasteiger partial charge on any atom is -0.497 e. The van der Waals surface area contributed by atoms with Crippen LogP contribution in [-0.4, -0.2) is 23.8 Å². The van der Waals surface area contributed by atoms with Crippen LogP contribution in [0.25, 0.3) is 0 Å². The van der Waals surface area contributed by atoms with E-state index in [0.29, 0.717) is 23.7 Å². The van der Waals surface area contributed by atoms with Crippen molar-refractivity contribution in [1.82, 2.24) is 4.98 Å². The summed E-state index contributed by atoms with van der Waals surface area (Å²) in [6, 6.07) is 7.29. The molecule has 0 bridgehead atoms. The first-order chi connectivity index (χ1) is 10.2. The van der Waals surface area contributed by atoms with Gasteiger partial charge in [0, 0.05) is 21.8 Å². The van der Waals surface area contributed by atoms with Gasteiger partial charge in [0.2, 0.25) is 0 Å². The molecule has 2 aromatic rings. The number of rotatable bonds is 6. The second-order valence-electron chi connectivity index (χ2n) is 4.59. The van der Waals surface area contributed by atoms with Crippen LogP contribution in [0.15, 0.2) is 41.1 Å². The minimum atomic E-state index is -0.799. The molecule has 5 heteroatoms. The molecular weight excluding hydrogens is 334 g/mol. The Morgan fingerprint density at radius 3 is 2.76 bits per heavy atom. The highest BCUT2D eigenvalue weighted by atomic mass is 79.9. The molecule has 0 fully saturated rings. The number of methoxy groups -OCH3 is 1. The molecule has 1 heterocycles. The van der Waals surface area contributed by atoms with Crippen LogP contribution in [0.2, 0.25) is 0 Å². The quantitative estimate of drug-likeness (QED) is 0.861. The Morgan fingerprint density at radius 2 is 2.05 bits per heavy atom. The summed E-state index contributed by atoms with van der Waals surface area (Å²) < 4.78 is 11.6. The molecular formula is C16H18BrNO3. The lowest BCUT2D eigenvalue weighted by atomic mass is 10.0. The van der Waals surface area contributed by atoms with Crippen LogP contribution < -0.4 is 9.47 Å². The van der Waals surface area contributed by atoms with Crippen molar-refractivity contribution in [2.24, 2.45) is 0 Å². The first kappa shape index (κ1) is 15.8. The number of aromatic nitrogens is 1. The van der Waals surface area contributed by atoms with E-state index in [1.165, 1.54) is 0 Å². The molecule has 0 radical (unpaired) electrons. The van der Waals surface area contributed by atoms with Crippen molar-refractivity contribution in [1.29, 1.82) is 0 Å². The fraction of sp³-hybridized carbons (Fsp3) is 0.312. The first-order valence-electron chi connectivity index (χ1n) is 6.75. The number of aliphatic hydroxyl groups is 1. The Morgan fingerprint density at radius 1 is 1.24 bits per heavy atom. The van der Waals surface area contributed by atoms with Crippen LogP contribution in [0.4, 0.5) is 0 Å². The predicted octanol–water partition coefficient (Wildman–Crippen LogP) is 3.72. The molecule has 0 saturated carbocycles. The molecule has 0 amide bonds. The van der Waals surface area contributed by atoms with Gasteiger partial charge in [-0.15, -0.1) is 0 Å². The third-order valence-electron chi connectivity index (χ3n) is 3.02. The highest BCUT2D eigenvalue weighted by Crippen LogP contribution is 2.32. The van der Waals surface area contributed by atoms with Crippen LogP contribution in [0.3, 0.4) is 0 Å². The highest BCUT2D eigenvalue weighted by Gasteiger charge is 2.16. The molecule has 21 heavy (non-hydrogen) atoms. The summed E-state index contributed by atoms with van der Waals surface area (Å²) in [5.74, 6) is 1.35. The molecule has 0 aliphatic rings. The topological polar surface area (TPSA) is 51.6 Å². The maximum absolute atomic E-state index is 10.6. The lowest BCUT2D eigenvalue weighted by Gasteiger charge is -2.15. The van der Waals surface area contributed by atoms with Gasteiger partial charge in [-0.25, -0.2) is 0 Å². The van der Waals surface area contributed by atoms with Crippen molar-refractivity contribution < 1.29 is 14.6 Å². The van der Waals surface area contributed by atoms with E-state index in [4.69, 9.17) is 9.47 Å². The first-order valence-corrected chi connectivity index (χ1v) is 7.54. The maximum atomic E-state index is 10.6. The molecule has 1 unspecified atom stereocenters. The van der Waals surface area contributed by atoms with Gasteiger partial charge in [-0.05, 0) is 30.7 Å². The van der Waals surface area contributed by atoms with E-state index in [1.807, 2.05) is 19.1 Å². The average Bonchev–Trinajstić information content (AvgIpc) is 2.53. The molecule has 0 saturated heterocycles. The predicted molar refractivity (Wildman–Crippen MR) is 84.8 cm³/mol. The van der Waals surface area contributed by atoms with E-state index in [0.717, 1.165) is 16.5 Å². The summed E-state index contributed by atoms with van der Waals surface area (Å²) in [4.78, 5) is 4.12. The van der Waals surface area contributed by atoms with Gasteiger partial charge in [0.1, 0.15) is 17.6 Å². The van der Waals surface area contributed by atoms with Gasteiger partial charge >= 0.3 is 0 Å². The smallest absolute Gasteiger partial charge is 0.137 e. The van der Waals surface area contributed by atoms with Crippen LogP contribution in [0, 0.1) is 0 Å². The molecule has 0 spiro atoms. The summed E-state index contributed by atoms with van der Waals surface area (Å²) in [7, 11) is 1.60. The molecule has 1 atom stereocenters. The number of hydrogen-bond acceptors (Lipinski definition) is 4. The molecule has 1 N–H and O–H groups in total. The van der Waals surface area contributed by atoms with Crippen molar-refractivity contribution in [2.75, 3.05) is 13.7 Å². The van der Waals surface area contributed by atoms with Crippen molar-refractivity contribution in [3.8, 4) is 11.5 Å². The van der Waals surface area contributed by atoms with Gasteiger partial charge in [-0.3, -0.25) is 4.98 Å². The Hall–Kier alpha value is -1.59. The molecule has 112 valence electrons. The van der Waals surface area contributed by atoms with E-state index in [2.05, 4.69) is 20.9 Å². The fourth-order valence-electron chi connectivity index (χ4n) is 1.92. The van der Waals surface area contributed by atoms with Crippen LogP contribution in [-0.2, 0) is 0 Å². The fourth-order valence-corrected chi connectivity index (χ4v) is 2.39. The van der Waals surface area contributed by atoms with E-state index in [1.54, 1.807) is 31.6 Å². The Labute approximate surface area is 132 Å². The molecule has 0 aliphatic carbocycles. The summed E-state index contributed by atoms with van der Waals surface area (Å²) >= 11 is 3.45. The van der Waals surface area contributed by atoms with Gasteiger partial charge < -0.3 is 14.6 Å². The Bertz CT molecular complexity index is 604. The molecule has 0 aliphatic heterocycles. The van der Waals surface area contributed by atoms with E-state index in [-0.39, 0.29) is 0 Å². The Kier molecular flexibility index (Phi) is 5.59. The number of nitrogens with zero attached hydrogens (tertiary/aromatic N) is 1. The SMILES string of the molecule is CCCOc1cncc(C(O)c2cc(OC)ccc2Br)c1. The zero-order chi connectivity index (χ0) is 15.2. The van der Waals surface area contributed by atoms with Crippen molar-refractivity contribution in [2.45, 2.75) is 19.4 Å². The minimum absolute atomic E-state index is 0.629. The van der Waals surface area contributed by atoms with Crippen molar-refractivity contribution in [3.05, 3.63) is 52.3 Å². The third-order valence-corrected chi connectivity index (χ3v) is 3.74. The van der Waals surface area contributed by atoms with Gasteiger partial charge in [-0.2, -0.15) is 0 Å². The zero-order valence-electron chi connectivity index (χ0n) is 12.0. The molecule has 1 aromatic heterocycles. The molecule has 2 rings (SSSR count). The Balaban J connectivity index is 2.29. The summed E-state index contributed by atoms with van der Waals surface area (Å²) in [5, 5.41) is 10.6. The van der Waals surface area contributed by atoms with E-state index < -0.39 is 6.10 Å². The normalized spacial score (nSPS) is 12.0. The van der Waals surface area contributed by atoms with Gasteiger partial charge in [-0.1, -0.05) is 22.9 Å². The molecule has 4 nitrogen and oxygen atoms in total. The number of halogens is 1. The maximum Gasteiger partial charge on any atom is 0.137 e. The van der Waals surface area contributed by atoms with Crippen molar-refractivity contribution >= 4 is 15.9 Å². The van der Waals surface area contributed by atoms with Crippen molar-refractivity contribution in [3.63, 3.8) is 0 Å². The number of benzene rings is 1. The summed E-state index contributed by atoms with van der Waals surface area (Å²) in [6.45, 7) is 2.67. The largest absolute Gasteiger partial charge is 0.497 e. The third kappa shape index (κ3) is 3.95. The monoisotopic (exact) mass is 351 g/mol. The number of pyridine rings is 1. The number of hydrogen-bond donors (Lipinski definition) is 1. The van der Waals surface area contributed by atoms with Gasteiger partial charge in [0.15, 0.2) is 0 Å². The number of aliphatic hydroxyl groups excluding tert-OH is 1. The lowest BCUT2D eigenvalue weighted by Crippen LogP contribution is -2.03.